The second-order valence-electron chi connectivity index (χ2n) is 6.49. The third-order valence-electron chi connectivity index (χ3n) is 4.51. The molecule has 1 heterocycles. The maximum absolute atomic E-state index is 12.8. The summed E-state index contributed by atoms with van der Waals surface area (Å²) in [7, 11) is -5.36. The van der Waals surface area contributed by atoms with Gasteiger partial charge >= 0.3 is 10.1 Å². The monoisotopic (exact) mass is 364 g/mol. The average Bonchev–Trinajstić information content (AvgIpc) is 2.97. The topological polar surface area (TPSA) is 43.4 Å². The van der Waals surface area contributed by atoms with Gasteiger partial charge in [0.05, 0.1) is 4.90 Å². The molecule has 1 fully saturated rings. The Morgan fingerprint density at radius 2 is 1.58 bits per heavy atom. The molecule has 2 aromatic carbocycles. The Morgan fingerprint density at radius 1 is 0.958 bits per heavy atom. The van der Waals surface area contributed by atoms with Crippen LogP contribution in [0.2, 0.25) is 0 Å². The first-order chi connectivity index (χ1) is 11.4. The van der Waals surface area contributed by atoms with E-state index in [9.17, 15) is 8.42 Å². The van der Waals surface area contributed by atoms with Gasteiger partial charge in [-0.15, -0.1) is 10.3 Å². The molecule has 0 amide bonds. The summed E-state index contributed by atoms with van der Waals surface area (Å²) in [6, 6.07) is 15.1. The third kappa shape index (κ3) is 3.85. The van der Waals surface area contributed by atoms with Gasteiger partial charge in [0.1, 0.15) is 0 Å². The normalized spacial score (nSPS) is 18.4. The standard InChI is InChI=1S/C19H24O3S2/c1-16-9-11-19(12-10-16)24(20,21)22-23(13-5-6-14-23)15-18-8-4-3-7-17(18)2/h3-4,7-12H,5-6,13-15H2,1-2H3. The molecule has 0 aromatic heterocycles. The van der Waals surface area contributed by atoms with E-state index in [1.54, 1.807) is 12.1 Å². The van der Waals surface area contributed by atoms with Crippen LogP contribution < -0.4 is 0 Å². The molecule has 130 valence electrons. The zero-order valence-corrected chi connectivity index (χ0v) is 15.8. The van der Waals surface area contributed by atoms with Gasteiger partial charge in [-0.05, 0) is 49.9 Å². The average molecular weight is 365 g/mol. The molecule has 2 aromatic rings. The highest BCUT2D eigenvalue weighted by atomic mass is 32.3. The summed E-state index contributed by atoms with van der Waals surface area (Å²) in [6.45, 7) is 4.02. The predicted octanol–water partition coefficient (Wildman–Crippen LogP) is 4.72. The largest absolute Gasteiger partial charge is 0.306 e. The van der Waals surface area contributed by atoms with Crippen LogP contribution in [0, 0.1) is 13.8 Å². The van der Waals surface area contributed by atoms with Crippen LogP contribution in [0.4, 0.5) is 0 Å². The van der Waals surface area contributed by atoms with Crippen LogP contribution in [0.25, 0.3) is 0 Å². The number of rotatable bonds is 5. The molecule has 1 saturated heterocycles. The molecule has 0 radical (unpaired) electrons. The molecular weight excluding hydrogens is 340 g/mol. The molecule has 0 aliphatic carbocycles. The van der Waals surface area contributed by atoms with Gasteiger partial charge in [0.15, 0.2) is 0 Å². The van der Waals surface area contributed by atoms with Gasteiger partial charge in [-0.1, -0.05) is 42.0 Å². The van der Waals surface area contributed by atoms with E-state index in [-0.39, 0.29) is 4.90 Å². The SMILES string of the molecule is Cc1ccc(S(=O)(=O)OS2(Cc3ccccc3C)CCCC2)cc1. The van der Waals surface area contributed by atoms with E-state index in [1.165, 1.54) is 11.1 Å². The second-order valence-corrected chi connectivity index (χ2v) is 11.4. The quantitative estimate of drug-likeness (QED) is 0.771. The molecule has 0 unspecified atom stereocenters. The highest BCUT2D eigenvalue weighted by Gasteiger charge is 2.35. The van der Waals surface area contributed by atoms with Crippen LogP contribution in [-0.2, 0) is 19.5 Å². The molecule has 3 rings (SSSR count). The molecule has 1 aliphatic heterocycles. The highest BCUT2D eigenvalue weighted by molar-refractivity contribution is 8.32. The van der Waals surface area contributed by atoms with E-state index in [0.717, 1.165) is 35.7 Å². The molecule has 0 spiro atoms. The lowest BCUT2D eigenvalue weighted by Crippen LogP contribution is -2.16. The van der Waals surface area contributed by atoms with Gasteiger partial charge in [-0.25, -0.2) is 3.63 Å². The Balaban J connectivity index is 1.88. The summed E-state index contributed by atoms with van der Waals surface area (Å²) in [5.41, 5.74) is 3.44. The lowest BCUT2D eigenvalue weighted by atomic mass is 10.1. The van der Waals surface area contributed by atoms with E-state index >= 15 is 0 Å². The molecule has 5 heteroatoms. The van der Waals surface area contributed by atoms with Crippen molar-refractivity contribution in [1.82, 2.24) is 0 Å². The number of hydrogen-bond donors (Lipinski definition) is 0. The number of benzene rings is 2. The van der Waals surface area contributed by atoms with Crippen molar-refractivity contribution in [2.24, 2.45) is 0 Å². The smallest absolute Gasteiger partial charge is 0.216 e. The number of aryl methyl sites for hydroxylation is 2. The Hall–Kier alpha value is -1.30. The molecule has 3 nitrogen and oxygen atoms in total. The van der Waals surface area contributed by atoms with Crippen molar-refractivity contribution in [2.45, 2.75) is 37.3 Å². The second kappa shape index (κ2) is 6.90. The fraction of sp³-hybridized carbons (Fsp3) is 0.368. The van der Waals surface area contributed by atoms with Crippen molar-refractivity contribution in [3.05, 3.63) is 65.2 Å². The van der Waals surface area contributed by atoms with Gasteiger partial charge in [0, 0.05) is 17.3 Å². The van der Waals surface area contributed by atoms with Crippen molar-refractivity contribution in [2.75, 3.05) is 11.5 Å². The van der Waals surface area contributed by atoms with E-state index in [0.29, 0.717) is 0 Å². The lowest BCUT2D eigenvalue weighted by molar-refractivity contribution is 0.510. The number of hydrogen-bond acceptors (Lipinski definition) is 3. The minimum atomic E-state index is -3.71. The zero-order chi connectivity index (χ0) is 17.2. The van der Waals surface area contributed by atoms with Crippen molar-refractivity contribution in [1.29, 1.82) is 0 Å². The predicted molar refractivity (Wildman–Crippen MR) is 101 cm³/mol. The van der Waals surface area contributed by atoms with E-state index < -0.39 is 20.4 Å². The maximum Gasteiger partial charge on any atom is 0.306 e. The molecule has 0 atom stereocenters. The van der Waals surface area contributed by atoms with Crippen molar-refractivity contribution >= 4 is 20.4 Å². The minimum absolute atomic E-state index is 0.261. The third-order valence-corrected chi connectivity index (χ3v) is 10.1. The first kappa shape index (κ1) is 17.5. The minimum Gasteiger partial charge on any atom is -0.216 e. The maximum atomic E-state index is 12.8. The van der Waals surface area contributed by atoms with E-state index in [2.05, 4.69) is 19.1 Å². The summed E-state index contributed by atoms with van der Waals surface area (Å²) in [5, 5.41) is 0. The molecule has 0 saturated carbocycles. The summed E-state index contributed by atoms with van der Waals surface area (Å²) >= 11 is 0. The Morgan fingerprint density at radius 3 is 2.21 bits per heavy atom. The van der Waals surface area contributed by atoms with Crippen molar-refractivity contribution < 1.29 is 12.0 Å². The van der Waals surface area contributed by atoms with Gasteiger partial charge in [0.25, 0.3) is 0 Å². The van der Waals surface area contributed by atoms with E-state index in [4.69, 9.17) is 3.63 Å². The van der Waals surface area contributed by atoms with Crippen molar-refractivity contribution in [3.8, 4) is 0 Å². The summed E-state index contributed by atoms with van der Waals surface area (Å²) < 4.78 is 31.5. The van der Waals surface area contributed by atoms with Gasteiger partial charge in [-0.3, -0.25) is 0 Å². The van der Waals surface area contributed by atoms with Crippen LogP contribution in [-0.4, -0.2) is 19.9 Å². The Labute approximate surface area is 146 Å². The molecule has 24 heavy (non-hydrogen) atoms. The fourth-order valence-corrected chi connectivity index (χ4v) is 8.94. The molecule has 1 aliphatic rings. The van der Waals surface area contributed by atoms with Crippen LogP contribution in [0.5, 0.6) is 0 Å². The summed E-state index contributed by atoms with van der Waals surface area (Å²) in [4.78, 5) is 0.261. The Bertz CT molecular complexity index is 805. The first-order valence-electron chi connectivity index (χ1n) is 8.24. The van der Waals surface area contributed by atoms with Crippen LogP contribution >= 0.6 is 10.3 Å². The van der Waals surface area contributed by atoms with Crippen LogP contribution in [0.3, 0.4) is 0 Å². The Kier molecular flexibility index (Phi) is 5.04. The fourth-order valence-electron chi connectivity index (χ4n) is 3.06. The molecule has 0 bridgehead atoms. The van der Waals surface area contributed by atoms with Crippen molar-refractivity contribution in [3.63, 3.8) is 0 Å². The summed E-state index contributed by atoms with van der Waals surface area (Å²) in [5.74, 6) is 2.46. The molecule has 0 N–H and O–H groups in total. The lowest BCUT2D eigenvalue weighted by Gasteiger charge is -2.34. The summed E-state index contributed by atoms with van der Waals surface area (Å²) in [6.07, 6.45) is 2.09. The van der Waals surface area contributed by atoms with Gasteiger partial charge < -0.3 is 0 Å². The van der Waals surface area contributed by atoms with E-state index in [1.807, 2.05) is 31.2 Å². The van der Waals surface area contributed by atoms with Gasteiger partial charge in [0.2, 0.25) is 0 Å². The first-order valence-corrected chi connectivity index (χ1v) is 11.7. The highest BCUT2D eigenvalue weighted by Crippen LogP contribution is 2.59. The zero-order valence-electron chi connectivity index (χ0n) is 14.2. The van der Waals surface area contributed by atoms with Crippen LogP contribution in [0.1, 0.15) is 29.5 Å². The molecular formula is C19H24O3S2. The van der Waals surface area contributed by atoms with Gasteiger partial charge in [-0.2, -0.15) is 8.42 Å². The van der Waals surface area contributed by atoms with Crippen LogP contribution in [0.15, 0.2) is 53.4 Å².